The molecule has 0 saturated heterocycles. The van der Waals surface area contributed by atoms with Gasteiger partial charge in [0.05, 0.1) is 0 Å². The van der Waals surface area contributed by atoms with Crippen LogP contribution in [-0.2, 0) is 0 Å². The highest BCUT2D eigenvalue weighted by atomic mass is 14.7. The first kappa shape index (κ1) is 6.92. The van der Waals surface area contributed by atoms with Gasteiger partial charge in [-0.25, -0.2) is 0 Å². The fourth-order valence-corrected chi connectivity index (χ4v) is 1.45. The van der Waals surface area contributed by atoms with E-state index in [0.29, 0.717) is 0 Å². The number of H-pyrrole nitrogens is 1. The lowest BCUT2D eigenvalue weighted by atomic mass is 10.1. The van der Waals surface area contributed by atoms with E-state index in [4.69, 9.17) is 5.73 Å². The van der Waals surface area contributed by atoms with Crippen LogP contribution in [0.3, 0.4) is 0 Å². The van der Waals surface area contributed by atoms with Crippen LogP contribution in [0.5, 0.6) is 0 Å². The molecule has 1 aromatic heterocycles. The maximum atomic E-state index is 5.99. The Bertz CT molecular complexity index is 248. The molecule has 1 fully saturated rings. The Kier molecular flexibility index (Phi) is 1.50. The third-order valence-corrected chi connectivity index (χ3v) is 2.36. The third kappa shape index (κ3) is 1.31. The first-order chi connectivity index (χ1) is 5.27. The van der Waals surface area contributed by atoms with Crippen molar-refractivity contribution in [2.24, 2.45) is 11.7 Å². The van der Waals surface area contributed by atoms with Crippen molar-refractivity contribution < 1.29 is 0 Å². The molecular weight excluding hydrogens is 136 g/mol. The van der Waals surface area contributed by atoms with E-state index in [2.05, 4.69) is 18.0 Å². The number of aromatic nitrogens is 1. The summed E-state index contributed by atoms with van der Waals surface area (Å²) in [7, 11) is 0. The Balaban J connectivity index is 2.14. The van der Waals surface area contributed by atoms with Crippen LogP contribution in [0.2, 0.25) is 0 Å². The first-order valence-electron chi connectivity index (χ1n) is 4.18. The maximum absolute atomic E-state index is 5.99. The Labute approximate surface area is 66.8 Å². The summed E-state index contributed by atoms with van der Waals surface area (Å²) in [6.45, 7) is 2.06. The lowest BCUT2D eigenvalue weighted by Gasteiger charge is -2.05. The van der Waals surface area contributed by atoms with E-state index in [-0.39, 0.29) is 6.04 Å². The minimum atomic E-state index is 0.278. The fourth-order valence-electron chi connectivity index (χ4n) is 1.45. The van der Waals surface area contributed by atoms with Gasteiger partial charge >= 0.3 is 0 Å². The number of aryl methyl sites for hydroxylation is 1. The molecule has 0 unspecified atom stereocenters. The van der Waals surface area contributed by atoms with Gasteiger partial charge in [0.25, 0.3) is 0 Å². The van der Waals surface area contributed by atoms with Crippen molar-refractivity contribution in [2.75, 3.05) is 0 Å². The molecular formula is C9H14N2. The Morgan fingerprint density at radius 1 is 1.64 bits per heavy atom. The molecule has 0 radical (unpaired) electrons. The summed E-state index contributed by atoms with van der Waals surface area (Å²) in [6.07, 6.45) is 4.65. The molecule has 1 heterocycles. The second-order valence-electron chi connectivity index (χ2n) is 3.48. The van der Waals surface area contributed by atoms with Crippen LogP contribution < -0.4 is 5.73 Å². The number of nitrogens with one attached hydrogen (secondary N) is 1. The van der Waals surface area contributed by atoms with Crippen molar-refractivity contribution in [1.82, 2.24) is 4.98 Å². The van der Waals surface area contributed by atoms with E-state index in [0.717, 1.165) is 5.92 Å². The molecule has 1 atom stereocenters. The summed E-state index contributed by atoms with van der Waals surface area (Å²) >= 11 is 0. The monoisotopic (exact) mass is 150 g/mol. The van der Waals surface area contributed by atoms with Gasteiger partial charge in [-0.2, -0.15) is 0 Å². The van der Waals surface area contributed by atoms with E-state index in [1.54, 1.807) is 0 Å². The van der Waals surface area contributed by atoms with Gasteiger partial charge in [-0.05, 0) is 37.3 Å². The SMILES string of the molecule is Cc1cc([C@@H](N)C2CC2)c[nH]1. The van der Waals surface area contributed by atoms with E-state index < -0.39 is 0 Å². The van der Waals surface area contributed by atoms with Crippen LogP contribution in [-0.4, -0.2) is 4.98 Å². The van der Waals surface area contributed by atoms with Gasteiger partial charge in [-0.3, -0.25) is 0 Å². The van der Waals surface area contributed by atoms with E-state index in [1.807, 2.05) is 6.20 Å². The van der Waals surface area contributed by atoms with Crippen LogP contribution in [0.15, 0.2) is 12.3 Å². The van der Waals surface area contributed by atoms with Crippen LogP contribution in [0.4, 0.5) is 0 Å². The molecule has 0 bridgehead atoms. The molecule has 60 valence electrons. The maximum Gasteiger partial charge on any atom is 0.0338 e. The molecule has 3 N–H and O–H groups in total. The molecule has 0 spiro atoms. The molecule has 0 aromatic carbocycles. The first-order valence-corrected chi connectivity index (χ1v) is 4.18. The predicted molar refractivity (Wildman–Crippen MR) is 45.2 cm³/mol. The number of aromatic amines is 1. The molecule has 1 aliphatic rings. The molecule has 0 amide bonds. The van der Waals surface area contributed by atoms with Crippen molar-refractivity contribution >= 4 is 0 Å². The van der Waals surface area contributed by atoms with Gasteiger partial charge in [-0.15, -0.1) is 0 Å². The van der Waals surface area contributed by atoms with Gasteiger partial charge in [0, 0.05) is 17.9 Å². The summed E-state index contributed by atoms with van der Waals surface area (Å²) in [6, 6.07) is 2.42. The normalized spacial score (nSPS) is 20.2. The molecule has 2 nitrogen and oxygen atoms in total. The van der Waals surface area contributed by atoms with Crippen molar-refractivity contribution in [2.45, 2.75) is 25.8 Å². The molecule has 1 aliphatic carbocycles. The summed E-state index contributed by atoms with van der Waals surface area (Å²) in [5.74, 6) is 0.755. The molecule has 1 aromatic rings. The second-order valence-corrected chi connectivity index (χ2v) is 3.48. The minimum absolute atomic E-state index is 0.278. The average Bonchev–Trinajstić information content (AvgIpc) is 2.74. The average molecular weight is 150 g/mol. The van der Waals surface area contributed by atoms with Crippen molar-refractivity contribution in [3.05, 3.63) is 23.5 Å². The van der Waals surface area contributed by atoms with E-state index in [1.165, 1.54) is 24.1 Å². The van der Waals surface area contributed by atoms with Gasteiger partial charge in [-0.1, -0.05) is 0 Å². The Morgan fingerprint density at radius 3 is 2.82 bits per heavy atom. The summed E-state index contributed by atoms with van der Waals surface area (Å²) in [5, 5.41) is 0. The molecule has 1 saturated carbocycles. The zero-order valence-corrected chi connectivity index (χ0v) is 6.80. The molecule has 11 heavy (non-hydrogen) atoms. The number of nitrogens with two attached hydrogens (primary N) is 1. The molecule has 2 rings (SSSR count). The summed E-state index contributed by atoms with van der Waals surface area (Å²) in [5.41, 5.74) is 8.47. The van der Waals surface area contributed by atoms with Gasteiger partial charge in [0.1, 0.15) is 0 Å². The third-order valence-electron chi connectivity index (χ3n) is 2.36. The van der Waals surface area contributed by atoms with E-state index >= 15 is 0 Å². The fraction of sp³-hybridized carbons (Fsp3) is 0.556. The standard InChI is InChI=1S/C9H14N2/c1-6-4-8(5-11-6)9(10)7-2-3-7/h4-5,7,9,11H,2-3,10H2,1H3/t9-/m0/s1. The summed E-state index contributed by atoms with van der Waals surface area (Å²) in [4.78, 5) is 3.15. The number of hydrogen-bond donors (Lipinski definition) is 2. The van der Waals surface area contributed by atoms with Crippen LogP contribution in [0.25, 0.3) is 0 Å². The lowest BCUT2D eigenvalue weighted by molar-refractivity contribution is 0.634. The van der Waals surface area contributed by atoms with Crippen molar-refractivity contribution in [1.29, 1.82) is 0 Å². The van der Waals surface area contributed by atoms with E-state index in [9.17, 15) is 0 Å². The highest BCUT2D eigenvalue weighted by Gasteiger charge is 2.29. The Hall–Kier alpha value is -0.760. The summed E-state index contributed by atoms with van der Waals surface area (Å²) < 4.78 is 0. The van der Waals surface area contributed by atoms with Gasteiger partial charge in [0.15, 0.2) is 0 Å². The van der Waals surface area contributed by atoms with Gasteiger partial charge in [0.2, 0.25) is 0 Å². The smallest absolute Gasteiger partial charge is 0.0338 e. The quantitative estimate of drug-likeness (QED) is 0.662. The number of hydrogen-bond acceptors (Lipinski definition) is 1. The predicted octanol–water partition coefficient (Wildman–Crippen LogP) is 1.73. The zero-order valence-electron chi connectivity index (χ0n) is 6.80. The zero-order chi connectivity index (χ0) is 7.84. The topological polar surface area (TPSA) is 41.8 Å². The largest absolute Gasteiger partial charge is 0.365 e. The lowest BCUT2D eigenvalue weighted by Crippen LogP contribution is -2.10. The van der Waals surface area contributed by atoms with Crippen LogP contribution in [0.1, 0.15) is 30.1 Å². The van der Waals surface area contributed by atoms with Crippen LogP contribution >= 0.6 is 0 Å². The molecule has 2 heteroatoms. The highest BCUT2D eigenvalue weighted by molar-refractivity contribution is 5.20. The minimum Gasteiger partial charge on any atom is -0.365 e. The van der Waals surface area contributed by atoms with Crippen molar-refractivity contribution in [3.8, 4) is 0 Å². The molecule has 0 aliphatic heterocycles. The van der Waals surface area contributed by atoms with Crippen LogP contribution in [0, 0.1) is 12.8 Å². The van der Waals surface area contributed by atoms with Crippen molar-refractivity contribution in [3.63, 3.8) is 0 Å². The van der Waals surface area contributed by atoms with Gasteiger partial charge < -0.3 is 10.7 Å². The Morgan fingerprint density at radius 2 is 2.36 bits per heavy atom. The highest BCUT2D eigenvalue weighted by Crippen LogP contribution is 2.39. The number of rotatable bonds is 2. The second kappa shape index (κ2) is 2.38.